The van der Waals surface area contributed by atoms with Crippen LogP contribution in [0.1, 0.15) is 27.2 Å². The van der Waals surface area contributed by atoms with E-state index in [0.29, 0.717) is 12.1 Å². The van der Waals surface area contributed by atoms with Crippen molar-refractivity contribution in [3.63, 3.8) is 0 Å². The Morgan fingerprint density at radius 3 is 2.36 bits per heavy atom. The molecule has 0 amide bonds. The minimum atomic E-state index is -0.550. The molecular weight excluding hydrogens is 140 g/mol. The van der Waals surface area contributed by atoms with Gasteiger partial charge < -0.3 is 16.6 Å². The Balaban J connectivity index is 3.89. The average Bonchev–Trinajstić information content (AvgIpc) is 1.80. The van der Waals surface area contributed by atoms with Crippen molar-refractivity contribution in [3.8, 4) is 0 Å². The first kappa shape index (κ1) is 10.5. The molecule has 0 saturated heterocycles. The molecule has 3 nitrogen and oxygen atoms in total. The van der Waals surface area contributed by atoms with Crippen LogP contribution in [0, 0.1) is 0 Å². The predicted octanol–water partition coefficient (Wildman–Crippen LogP) is 0.337. The zero-order valence-corrected chi connectivity index (χ0v) is 7.46. The van der Waals surface area contributed by atoms with E-state index in [1.54, 1.807) is 26.8 Å². The van der Waals surface area contributed by atoms with Crippen molar-refractivity contribution in [1.82, 2.24) is 0 Å². The van der Waals surface area contributed by atoms with Crippen molar-refractivity contribution in [2.75, 3.05) is 0 Å². The van der Waals surface area contributed by atoms with Gasteiger partial charge in [0.1, 0.15) is 0 Å². The Morgan fingerprint density at radius 2 is 2.09 bits per heavy atom. The molecule has 0 aliphatic heterocycles. The third-order valence-electron chi connectivity index (χ3n) is 1.52. The monoisotopic (exact) mass is 158 g/mol. The maximum atomic E-state index is 9.41. The van der Waals surface area contributed by atoms with Crippen LogP contribution in [-0.2, 0) is 0 Å². The molecule has 0 aromatic carbocycles. The highest BCUT2D eigenvalue weighted by atomic mass is 16.3. The topological polar surface area (TPSA) is 72.3 Å². The number of rotatable bonds is 3. The van der Waals surface area contributed by atoms with Gasteiger partial charge in [0, 0.05) is 11.2 Å². The van der Waals surface area contributed by atoms with Gasteiger partial charge in [0.15, 0.2) is 0 Å². The van der Waals surface area contributed by atoms with Gasteiger partial charge in [-0.2, -0.15) is 0 Å². The van der Waals surface area contributed by atoms with Crippen LogP contribution >= 0.6 is 0 Å². The molecule has 0 aliphatic carbocycles. The van der Waals surface area contributed by atoms with Crippen molar-refractivity contribution in [3.05, 3.63) is 11.8 Å². The van der Waals surface area contributed by atoms with E-state index in [1.165, 1.54) is 0 Å². The molecular formula is C8H18N2O. The van der Waals surface area contributed by atoms with Gasteiger partial charge in [-0.15, -0.1) is 0 Å². The standard InChI is InChI=1S/C8H18N2O/c1-6(9)4-5-7(11)8(2,3)10/h4,7,11H,5,9-10H2,1-3H3/b6-4+. The van der Waals surface area contributed by atoms with Crippen molar-refractivity contribution >= 4 is 0 Å². The zero-order chi connectivity index (χ0) is 9.07. The molecule has 5 N–H and O–H groups in total. The number of hydrogen-bond donors (Lipinski definition) is 3. The lowest BCUT2D eigenvalue weighted by Crippen LogP contribution is -2.44. The number of nitrogens with two attached hydrogens (primary N) is 2. The van der Waals surface area contributed by atoms with Crippen molar-refractivity contribution in [2.24, 2.45) is 11.5 Å². The van der Waals surface area contributed by atoms with E-state index in [-0.39, 0.29) is 0 Å². The second-order valence-corrected chi connectivity index (χ2v) is 3.52. The van der Waals surface area contributed by atoms with Gasteiger partial charge in [-0.3, -0.25) is 0 Å². The Kier molecular flexibility index (Phi) is 3.55. The van der Waals surface area contributed by atoms with Crippen molar-refractivity contribution in [1.29, 1.82) is 0 Å². The van der Waals surface area contributed by atoms with Crippen LogP contribution in [-0.4, -0.2) is 16.7 Å². The lowest BCUT2D eigenvalue weighted by Gasteiger charge is -2.24. The van der Waals surface area contributed by atoms with Crippen molar-refractivity contribution < 1.29 is 5.11 Å². The molecule has 0 fully saturated rings. The second kappa shape index (κ2) is 3.74. The summed E-state index contributed by atoms with van der Waals surface area (Å²) in [6, 6.07) is 0. The molecule has 66 valence electrons. The van der Waals surface area contributed by atoms with E-state index >= 15 is 0 Å². The maximum Gasteiger partial charge on any atom is 0.0749 e. The number of aliphatic hydroxyl groups is 1. The molecule has 0 aromatic heterocycles. The van der Waals surface area contributed by atoms with Gasteiger partial charge >= 0.3 is 0 Å². The van der Waals surface area contributed by atoms with Crippen molar-refractivity contribution in [2.45, 2.75) is 38.8 Å². The first-order valence-electron chi connectivity index (χ1n) is 3.73. The number of hydrogen-bond acceptors (Lipinski definition) is 3. The summed E-state index contributed by atoms with van der Waals surface area (Å²) < 4.78 is 0. The summed E-state index contributed by atoms with van der Waals surface area (Å²) in [6.45, 7) is 5.37. The Labute approximate surface area is 68.1 Å². The van der Waals surface area contributed by atoms with E-state index in [9.17, 15) is 5.11 Å². The van der Waals surface area contributed by atoms with Crippen LogP contribution < -0.4 is 11.5 Å². The highest BCUT2D eigenvalue weighted by Gasteiger charge is 2.20. The lowest BCUT2D eigenvalue weighted by atomic mass is 9.96. The number of aliphatic hydroxyl groups excluding tert-OH is 1. The normalized spacial score (nSPS) is 16.6. The highest BCUT2D eigenvalue weighted by molar-refractivity contribution is 4.96. The zero-order valence-electron chi connectivity index (χ0n) is 7.46. The van der Waals surface area contributed by atoms with Gasteiger partial charge in [0.25, 0.3) is 0 Å². The minimum Gasteiger partial charge on any atom is -0.403 e. The third kappa shape index (κ3) is 4.81. The van der Waals surface area contributed by atoms with Gasteiger partial charge in [-0.25, -0.2) is 0 Å². The molecule has 0 heterocycles. The molecule has 3 heteroatoms. The summed E-state index contributed by atoms with van der Waals surface area (Å²) in [5, 5.41) is 9.41. The molecule has 0 aliphatic rings. The van der Waals surface area contributed by atoms with E-state index < -0.39 is 11.6 Å². The SMILES string of the molecule is C/C(N)=C\CC(O)C(C)(C)N. The minimum absolute atomic E-state index is 0.520. The fraction of sp³-hybridized carbons (Fsp3) is 0.750. The quantitative estimate of drug-likeness (QED) is 0.554. The van der Waals surface area contributed by atoms with Crippen LogP contribution in [0.5, 0.6) is 0 Å². The number of allylic oxidation sites excluding steroid dienone is 1. The molecule has 11 heavy (non-hydrogen) atoms. The van der Waals surface area contributed by atoms with E-state index in [2.05, 4.69) is 0 Å². The molecule has 1 atom stereocenters. The first-order valence-corrected chi connectivity index (χ1v) is 3.73. The molecule has 0 radical (unpaired) electrons. The van der Waals surface area contributed by atoms with Crippen LogP contribution in [0.15, 0.2) is 11.8 Å². The highest BCUT2D eigenvalue weighted by Crippen LogP contribution is 2.09. The summed E-state index contributed by atoms with van der Waals surface area (Å²) in [7, 11) is 0. The summed E-state index contributed by atoms with van der Waals surface area (Å²) in [4.78, 5) is 0. The van der Waals surface area contributed by atoms with Gasteiger partial charge in [0.2, 0.25) is 0 Å². The average molecular weight is 158 g/mol. The first-order chi connectivity index (χ1) is 4.84. The second-order valence-electron chi connectivity index (χ2n) is 3.52. The molecule has 1 unspecified atom stereocenters. The lowest BCUT2D eigenvalue weighted by molar-refractivity contribution is 0.106. The maximum absolute atomic E-state index is 9.41. The van der Waals surface area contributed by atoms with E-state index in [1.807, 2.05) is 0 Å². The summed E-state index contributed by atoms with van der Waals surface area (Å²) in [5.74, 6) is 0. The fourth-order valence-corrected chi connectivity index (χ4v) is 0.601. The van der Waals surface area contributed by atoms with Gasteiger partial charge in [-0.1, -0.05) is 6.08 Å². The molecule has 0 aromatic rings. The Bertz CT molecular complexity index is 143. The molecule has 0 bridgehead atoms. The summed E-state index contributed by atoms with van der Waals surface area (Å²) >= 11 is 0. The van der Waals surface area contributed by atoms with Crippen LogP contribution in [0.25, 0.3) is 0 Å². The largest absolute Gasteiger partial charge is 0.403 e. The van der Waals surface area contributed by atoms with Crippen LogP contribution in [0.3, 0.4) is 0 Å². The Hall–Kier alpha value is -0.540. The van der Waals surface area contributed by atoms with Gasteiger partial charge in [-0.05, 0) is 27.2 Å². The Morgan fingerprint density at radius 1 is 1.64 bits per heavy atom. The van der Waals surface area contributed by atoms with E-state index in [0.717, 1.165) is 0 Å². The van der Waals surface area contributed by atoms with E-state index in [4.69, 9.17) is 11.5 Å². The smallest absolute Gasteiger partial charge is 0.0749 e. The van der Waals surface area contributed by atoms with Crippen LogP contribution in [0.2, 0.25) is 0 Å². The van der Waals surface area contributed by atoms with Crippen LogP contribution in [0.4, 0.5) is 0 Å². The molecule has 0 rings (SSSR count). The van der Waals surface area contributed by atoms with Gasteiger partial charge in [0.05, 0.1) is 6.10 Å². The molecule has 0 saturated carbocycles. The molecule has 0 spiro atoms. The fourth-order valence-electron chi connectivity index (χ4n) is 0.601. The summed E-state index contributed by atoms with van der Waals surface area (Å²) in [6.07, 6.45) is 1.77. The predicted molar refractivity (Wildman–Crippen MR) is 46.8 cm³/mol. The third-order valence-corrected chi connectivity index (χ3v) is 1.52. The summed E-state index contributed by atoms with van der Waals surface area (Å²) in [5.41, 5.74) is 11.2.